The van der Waals surface area contributed by atoms with Crippen molar-refractivity contribution in [1.29, 1.82) is 0 Å². The second-order valence-corrected chi connectivity index (χ2v) is 5.70. The highest BCUT2D eigenvalue weighted by atomic mass is 32.2. The maximum atomic E-state index is 4.70. The molecule has 0 N–H and O–H groups in total. The van der Waals surface area contributed by atoms with Gasteiger partial charge in [-0.25, -0.2) is 19.9 Å². The van der Waals surface area contributed by atoms with E-state index in [9.17, 15) is 0 Å². The van der Waals surface area contributed by atoms with Gasteiger partial charge in [0.1, 0.15) is 5.03 Å². The summed E-state index contributed by atoms with van der Waals surface area (Å²) in [5.41, 5.74) is 1.77. The molecule has 0 spiro atoms. The zero-order chi connectivity index (χ0) is 15.5. The molecular weight excluding hydrogens is 306 g/mol. The quantitative estimate of drug-likeness (QED) is 0.425. The molecule has 1 aromatic carbocycles. The van der Waals surface area contributed by atoms with E-state index in [4.69, 9.17) is 4.98 Å². The van der Waals surface area contributed by atoms with Gasteiger partial charge in [0, 0.05) is 35.7 Å². The summed E-state index contributed by atoms with van der Waals surface area (Å²) in [6.07, 6.45) is 6.94. The first-order chi connectivity index (χ1) is 11.4. The Morgan fingerprint density at radius 1 is 0.783 bits per heavy atom. The van der Waals surface area contributed by atoms with Crippen LogP contribution in [0, 0.1) is 0 Å². The summed E-state index contributed by atoms with van der Waals surface area (Å²) in [5, 5.41) is 2.48. The molecular formula is C17H11N5S. The standard InChI is InChI=1S/C17H11N5S/c1-2-7-14-13(6-1)16(23-17-19-9-4-10-20-17)22-15(21-14)12-5-3-8-18-11-12/h1-11H. The van der Waals surface area contributed by atoms with Gasteiger partial charge in [-0.2, -0.15) is 0 Å². The first-order valence-corrected chi connectivity index (χ1v) is 7.84. The third-order valence-corrected chi connectivity index (χ3v) is 4.12. The second kappa shape index (κ2) is 6.10. The fraction of sp³-hybridized carbons (Fsp3) is 0. The summed E-state index contributed by atoms with van der Waals surface area (Å²) < 4.78 is 0. The van der Waals surface area contributed by atoms with Crippen molar-refractivity contribution in [3.8, 4) is 11.4 Å². The SMILES string of the molecule is c1cnc(Sc2nc(-c3cccnc3)nc3ccccc23)nc1. The van der Waals surface area contributed by atoms with E-state index in [-0.39, 0.29) is 0 Å². The molecule has 4 aromatic rings. The Hall–Kier alpha value is -2.86. The molecule has 0 unspecified atom stereocenters. The minimum absolute atomic E-state index is 0.648. The number of rotatable bonds is 3. The average molecular weight is 317 g/mol. The lowest BCUT2D eigenvalue weighted by Crippen LogP contribution is -1.95. The van der Waals surface area contributed by atoms with Gasteiger partial charge < -0.3 is 0 Å². The van der Waals surface area contributed by atoms with Crippen molar-refractivity contribution in [2.24, 2.45) is 0 Å². The van der Waals surface area contributed by atoms with Crippen molar-refractivity contribution < 1.29 is 0 Å². The van der Waals surface area contributed by atoms with E-state index in [1.54, 1.807) is 30.9 Å². The summed E-state index contributed by atoms with van der Waals surface area (Å²) in [7, 11) is 0. The van der Waals surface area contributed by atoms with Crippen molar-refractivity contribution in [2.45, 2.75) is 10.2 Å². The molecule has 23 heavy (non-hydrogen) atoms. The number of para-hydroxylation sites is 1. The molecule has 0 atom stereocenters. The van der Waals surface area contributed by atoms with Crippen LogP contribution in [0.5, 0.6) is 0 Å². The predicted octanol–water partition coefficient (Wildman–Crippen LogP) is 3.63. The van der Waals surface area contributed by atoms with Crippen LogP contribution >= 0.6 is 11.8 Å². The van der Waals surface area contributed by atoms with Gasteiger partial charge in [0.25, 0.3) is 0 Å². The molecule has 5 nitrogen and oxygen atoms in total. The van der Waals surface area contributed by atoms with Crippen molar-refractivity contribution in [2.75, 3.05) is 0 Å². The molecule has 0 saturated carbocycles. The highest BCUT2D eigenvalue weighted by Crippen LogP contribution is 2.31. The van der Waals surface area contributed by atoms with Gasteiger partial charge in [0.15, 0.2) is 11.0 Å². The zero-order valence-corrected chi connectivity index (χ0v) is 12.8. The van der Waals surface area contributed by atoms with Crippen LogP contribution in [0.2, 0.25) is 0 Å². The summed E-state index contributed by atoms with van der Waals surface area (Å²) in [4.78, 5) is 22.0. The number of benzene rings is 1. The van der Waals surface area contributed by atoms with Crippen LogP contribution in [0.1, 0.15) is 0 Å². The van der Waals surface area contributed by atoms with Crippen LogP contribution in [-0.4, -0.2) is 24.9 Å². The molecule has 6 heteroatoms. The van der Waals surface area contributed by atoms with Gasteiger partial charge >= 0.3 is 0 Å². The van der Waals surface area contributed by atoms with Crippen LogP contribution in [0.15, 0.2) is 77.4 Å². The van der Waals surface area contributed by atoms with Crippen molar-refractivity contribution in [1.82, 2.24) is 24.9 Å². The molecule has 0 fully saturated rings. The van der Waals surface area contributed by atoms with Gasteiger partial charge in [0.2, 0.25) is 0 Å². The maximum Gasteiger partial charge on any atom is 0.193 e. The summed E-state index contributed by atoms with van der Waals surface area (Å²) in [6, 6.07) is 13.6. The highest BCUT2D eigenvalue weighted by molar-refractivity contribution is 7.99. The molecule has 0 radical (unpaired) electrons. The fourth-order valence-electron chi connectivity index (χ4n) is 2.17. The predicted molar refractivity (Wildman–Crippen MR) is 88.9 cm³/mol. The third-order valence-electron chi connectivity index (χ3n) is 3.22. The molecule has 0 aliphatic heterocycles. The number of hydrogen-bond acceptors (Lipinski definition) is 6. The van der Waals surface area contributed by atoms with Crippen molar-refractivity contribution in [3.63, 3.8) is 0 Å². The van der Waals surface area contributed by atoms with Crippen molar-refractivity contribution >= 4 is 22.7 Å². The first-order valence-electron chi connectivity index (χ1n) is 7.02. The summed E-state index contributed by atoms with van der Waals surface area (Å²) >= 11 is 1.43. The largest absolute Gasteiger partial charge is 0.264 e. The zero-order valence-electron chi connectivity index (χ0n) is 12.0. The Bertz CT molecular complexity index is 945. The lowest BCUT2D eigenvalue weighted by atomic mass is 10.2. The van der Waals surface area contributed by atoms with Crippen LogP contribution in [0.25, 0.3) is 22.3 Å². The Morgan fingerprint density at radius 2 is 1.65 bits per heavy atom. The van der Waals surface area contributed by atoms with Crippen LogP contribution in [-0.2, 0) is 0 Å². The van der Waals surface area contributed by atoms with Gasteiger partial charge in [-0.3, -0.25) is 4.98 Å². The monoisotopic (exact) mass is 317 g/mol. The average Bonchev–Trinajstić information content (AvgIpc) is 2.63. The second-order valence-electron chi connectivity index (χ2n) is 4.74. The van der Waals surface area contributed by atoms with Gasteiger partial charge in [-0.15, -0.1) is 0 Å². The summed E-state index contributed by atoms with van der Waals surface area (Å²) in [5.74, 6) is 0.648. The van der Waals surface area contributed by atoms with E-state index < -0.39 is 0 Å². The van der Waals surface area contributed by atoms with Crippen molar-refractivity contribution in [3.05, 3.63) is 67.3 Å². The van der Waals surface area contributed by atoms with E-state index in [0.29, 0.717) is 11.0 Å². The minimum Gasteiger partial charge on any atom is -0.264 e. The maximum absolute atomic E-state index is 4.70. The number of nitrogens with zero attached hydrogens (tertiary/aromatic N) is 5. The molecule has 4 rings (SSSR count). The van der Waals surface area contributed by atoms with Crippen LogP contribution in [0.4, 0.5) is 0 Å². The molecule has 0 amide bonds. The molecule has 0 bridgehead atoms. The minimum atomic E-state index is 0.648. The van der Waals surface area contributed by atoms with Gasteiger partial charge in [-0.1, -0.05) is 18.2 Å². The van der Waals surface area contributed by atoms with E-state index in [1.807, 2.05) is 36.4 Å². The van der Waals surface area contributed by atoms with E-state index >= 15 is 0 Å². The van der Waals surface area contributed by atoms with E-state index in [2.05, 4.69) is 19.9 Å². The molecule has 110 valence electrons. The smallest absolute Gasteiger partial charge is 0.193 e. The number of fused-ring (bicyclic) bond motifs is 1. The van der Waals surface area contributed by atoms with E-state index in [0.717, 1.165) is 21.5 Å². The first kappa shape index (κ1) is 13.8. The van der Waals surface area contributed by atoms with Gasteiger partial charge in [-0.05, 0) is 36.0 Å². The topological polar surface area (TPSA) is 64.5 Å². The van der Waals surface area contributed by atoms with E-state index in [1.165, 1.54) is 11.8 Å². The lowest BCUT2D eigenvalue weighted by molar-refractivity contribution is 0.961. The molecule has 3 aromatic heterocycles. The highest BCUT2D eigenvalue weighted by Gasteiger charge is 2.11. The van der Waals surface area contributed by atoms with Gasteiger partial charge in [0.05, 0.1) is 5.52 Å². The third kappa shape index (κ3) is 2.89. The van der Waals surface area contributed by atoms with Crippen LogP contribution in [0.3, 0.4) is 0 Å². The molecule has 3 heterocycles. The summed E-state index contributed by atoms with van der Waals surface area (Å²) in [6.45, 7) is 0. The fourth-order valence-corrected chi connectivity index (χ4v) is 2.99. The molecule has 0 saturated heterocycles. The Morgan fingerprint density at radius 3 is 2.48 bits per heavy atom. The normalized spacial score (nSPS) is 10.8. The molecule has 0 aliphatic carbocycles. The Kier molecular flexibility index (Phi) is 3.65. The number of aromatic nitrogens is 5. The van der Waals surface area contributed by atoms with Crippen LogP contribution < -0.4 is 0 Å². The molecule has 0 aliphatic rings. The lowest BCUT2D eigenvalue weighted by Gasteiger charge is -2.07. The Balaban J connectivity index is 1.87. The number of hydrogen-bond donors (Lipinski definition) is 0. The Labute approximate surface area is 136 Å². The number of pyridine rings is 1.